The van der Waals surface area contributed by atoms with Crippen LogP contribution in [0.1, 0.15) is 57.2 Å². The van der Waals surface area contributed by atoms with Crippen molar-refractivity contribution in [3.05, 3.63) is 29.6 Å². The Morgan fingerprint density at radius 2 is 2.11 bits per heavy atom. The number of nitrogens with zero attached hydrogens (tertiary/aromatic N) is 1. The second-order valence-corrected chi connectivity index (χ2v) is 6.58. The van der Waals surface area contributed by atoms with Gasteiger partial charge in [-0.25, -0.2) is 0 Å². The molecular weight excluding hydrogens is 232 g/mol. The molecule has 1 fully saturated rings. The van der Waals surface area contributed by atoms with Crippen molar-refractivity contribution in [1.29, 1.82) is 0 Å². The molecule has 1 saturated carbocycles. The standard InChI is InChI=1S/C17H28N2/c1-12(2)18-10-15-7-5-13(3)9-17(15)16-8-6-14(4)19-11-16/h6,8,11-13,15,17-18H,5,7,9-10H2,1-4H3. The van der Waals surface area contributed by atoms with Crippen LogP contribution in [0.25, 0.3) is 0 Å². The fraction of sp³-hybridized carbons (Fsp3) is 0.706. The largest absolute Gasteiger partial charge is 0.314 e. The summed E-state index contributed by atoms with van der Waals surface area (Å²) in [6.07, 6.45) is 6.13. The third-order valence-electron chi connectivity index (χ3n) is 4.41. The van der Waals surface area contributed by atoms with E-state index in [0.717, 1.165) is 24.1 Å². The van der Waals surface area contributed by atoms with Gasteiger partial charge in [-0.15, -0.1) is 0 Å². The molecule has 3 atom stereocenters. The van der Waals surface area contributed by atoms with Crippen LogP contribution < -0.4 is 5.32 Å². The first-order valence-electron chi connectivity index (χ1n) is 7.72. The first-order chi connectivity index (χ1) is 9.06. The average molecular weight is 260 g/mol. The Bertz CT molecular complexity index is 383. The topological polar surface area (TPSA) is 24.9 Å². The van der Waals surface area contributed by atoms with Gasteiger partial charge in [0.15, 0.2) is 0 Å². The molecule has 0 aliphatic heterocycles. The highest BCUT2D eigenvalue weighted by molar-refractivity contribution is 5.19. The van der Waals surface area contributed by atoms with E-state index >= 15 is 0 Å². The number of pyridine rings is 1. The summed E-state index contributed by atoms with van der Waals surface area (Å²) in [4.78, 5) is 4.49. The van der Waals surface area contributed by atoms with Crippen molar-refractivity contribution in [2.24, 2.45) is 11.8 Å². The molecule has 0 saturated heterocycles. The minimum atomic E-state index is 0.580. The zero-order chi connectivity index (χ0) is 13.8. The van der Waals surface area contributed by atoms with Crippen LogP contribution in [0.3, 0.4) is 0 Å². The van der Waals surface area contributed by atoms with Gasteiger partial charge in [0.25, 0.3) is 0 Å². The maximum absolute atomic E-state index is 4.49. The van der Waals surface area contributed by atoms with Crippen LogP contribution in [0.4, 0.5) is 0 Å². The van der Waals surface area contributed by atoms with Crippen LogP contribution in [0.15, 0.2) is 18.3 Å². The van der Waals surface area contributed by atoms with E-state index in [1.807, 2.05) is 0 Å². The molecule has 1 heterocycles. The molecular formula is C17H28N2. The van der Waals surface area contributed by atoms with E-state index < -0.39 is 0 Å². The fourth-order valence-corrected chi connectivity index (χ4v) is 3.18. The molecule has 2 heteroatoms. The number of hydrogen-bond acceptors (Lipinski definition) is 2. The first kappa shape index (κ1) is 14.5. The number of aromatic nitrogens is 1. The van der Waals surface area contributed by atoms with Gasteiger partial charge in [-0.05, 0) is 55.7 Å². The summed E-state index contributed by atoms with van der Waals surface area (Å²) in [6.45, 7) is 10.1. The molecule has 19 heavy (non-hydrogen) atoms. The van der Waals surface area contributed by atoms with Crippen LogP contribution in [0.2, 0.25) is 0 Å². The number of hydrogen-bond donors (Lipinski definition) is 1. The number of nitrogens with one attached hydrogen (secondary N) is 1. The SMILES string of the molecule is Cc1ccc(C2CC(C)CCC2CNC(C)C)cn1. The highest BCUT2D eigenvalue weighted by atomic mass is 14.9. The van der Waals surface area contributed by atoms with Crippen LogP contribution in [0.5, 0.6) is 0 Å². The summed E-state index contributed by atoms with van der Waals surface area (Å²) in [5.74, 6) is 2.30. The average Bonchev–Trinajstić information content (AvgIpc) is 2.38. The minimum Gasteiger partial charge on any atom is -0.314 e. The lowest BCUT2D eigenvalue weighted by Crippen LogP contribution is -2.34. The van der Waals surface area contributed by atoms with Gasteiger partial charge < -0.3 is 5.32 Å². The lowest BCUT2D eigenvalue weighted by Gasteiger charge is -2.35. The summed E-state index contributed by atoms with van der Waals surface area (Å²) in [5, 5.41) is 3.62. The van der Waals surface area contributed by atoms with E-state index in [0.29, 0.717) is 12.0 Å². The molecule has 1 aliphatic rings. The molecule has 0 radical (unpaired) electrons. The van der Waals surface area contributed by atoms with Crippen molar-refractivity contribution in [2.75, 3.05) is 6.54 Å². The Labute approximate surface area is 118 Å². The van der Waals surface area contributed by atoms with E-state index in [9.17, 15) is 0 Å². The second kappa shape index (κ2) is 6.51. The van der Waals surface area contributed by atoms with Crippen molar-refractivity contribution < 1.29 is 0 Å². The maximum atomic E-state index is 4.49. The third kappa shape index (κ3) is 4.04. The maximum Gasteiger partial charge on any atom is 0.0372 e. The molecule has 3 unspecified atom stereocenters. The molecule has 0 aromatic carbocycles. The monoisotopic (exact) mass is 260 g/mol. The van der Waals surface area contributed by atoms with Crippen molar-refractivity contribution in [2.45, 2.75) is 58.9 Å². The Morgan fingerprint density at radius 1 is 1.32 bits per heavy atom. The van der Waals surface area contributed by atoms with Gasteiger partial charge in [-0.1, -0.05) is 33.3 Å². The minimum absolute atomic E-state index is 0.580. The van der Waals surface area contributed by atoms with E-state index in [4.69, 9.17) is 0 Å². The molecule has 0 amide bonds. The van der Waals surface area contributed by atoms with E-state index in [1.54, 1.807) is 0 Å². The predicted octanol–water partition coefficient (Wildman–Crippen LogP) is 3.91. The normalized spacial score (nSPS) is 27.7. The Morgan fingerprint density at radius 3 is 2.74 bits per heavy atom. The van der Waals surface area contributed by atoms with Crippen LogP contribution in [-0.2, 0) is 0 Å². The quantitative estimate of drug-likeness (QED) is 0.888. The van der Waals surface area contributed by atoms with Crippen LogP contribution in [0, 0.1) is 18.8 Å². The molecule has 0 spiro atoms. The molecule has 2 nitrogen and oxygen atoms in total. The predicted molar refractivity (Wildman–Crippen MR) is 81.4 cm³/mol. The molecule has 1 aromatic heterocycles. The third-order valence-corrected chi connectivity index (χ3v) is 4.41. The van der Waals surface area contributed by atoms with E-state index in [1.165, 1.54) is 24.8 Å². The molecule has 0 bridgehead atoms. The van der Waals surface area contributed by atoms with Crippen molar-refractivity contribution in [1.82, 2.24) is 10.3 Å². The number of rotatable bonds is 4. The van der Waals surface area contributed by atoms with E-state index in [2.05, 4.69) is 56.3 Å². The lowest BCUT2D eigenvalue weighted by molar-refractivity contribution is 0.238. The summed E-state index contributed by atoms with van der Waals surface area (Å²) in [6, 6.07) is 5.02. The molecule has 1 aromatic rings. The van der Waals surface area contributed by atoms with E-state index in [-0.39, 0.29) is 0 Å². The summed E-state index contributed by atoms with van der Waals surface area (Å²) < 4.78 is 0. The summed E-state index contributed by atoms with van der Waals surface area (Å²) >= 11 is 0. The molecule has 2 rings (SSSR count). The highest BCUT2D eigenvalue weighted by Gasteiger charge is 2.29. The number of aryl methyl sites for hydroxylation is 1. The van der Waals surface area contributed by atoms with Gasteiger partial charge in [-0.3, -0.25) is 4.98 Å². The van der Waals surface area contributed by atoms with Crippen molar-refractivity contribution >= 4 is 0 Å². The summed E-state index contributed by atoms with van der Waals surface area (Å²) in [7, 11) is 0. The Balaban J connectivity index is 2.09. The van der Waals surface area contributed by atoms with Gasteiger partial charge in [0.2, 0.25) is 0 Å². The Hall–Kier alpha value is -0.890. The van der Waals surface area contributed by atoms with Crippen LogP contribution >= 0.6 is 0 Å². The molecule has 106 valence electrons. The fourth-order valence-electron chi connectivity index (χ4n) is 3.18. The smallest absolute Gasteiger partial charge is 0.0372 e. The lowest BCUT2D eigenvalue weighted by atomic mass is 9.72. The first-order valence-corrected chi connectivity index (χ1v) is 7.72. The Kier molecular flexibility index (Phi) is 4.98. The molecule has 1 aliphatic carbocycles. The summed E-state index contributed by atoms with van der Waals surface area (Å²) in [5.41, 5.74) is 2.55. The van der Waals surface area contributed by atoms with Gasteiger partial charge in [0, 0.05) is 17.9 Å². The zero-order valence-corrected chi connectivity index (χ0v) is 12.8. The zero-order valence-electron chi connectivity index (χ0n) is 12.8. The van der Waals surface area contributed by atoms with Gasteiger partial charge in [-0.2, -0.15) is 0 Å². The van der Waals surface area contributed by atoms with Crippen molar-refractivity contribution in [3.63, 3.8) is 0 Å². The van der Waals surface area contributed by atoms with Gasteiger partial charge in [0.05, 0.1) is 0 Å². The molecule has 1 N–H and O–H groups in total. The van der Waals surface area contributed by atoms with Gasteiger partial charge in [0.1, 0.15) is 0 Å². The second-order valence-electron chi connectivity index (χ2n) is 6.58. The van der Waals surface area contributed by atoms with Crippen molar-refractivity contribution in [3.8, 4) is 0 Å². The highest BCUT2D eigenvalue weighted by Crippen LogP contribution is 2.40. The van der Waals surface area contributed by atoms with Crippen LogP contribution in [-0.4, -0.2) is 17.6 Å². The van der Waals surface area contributed by atoms with Gasteiger partial charge >= 0.3 is 0 Å².